The van der Waals surface area contributed by atoms with Crippen LogP contribution in [0.2, 0.25) is 0 Å². The van der Waals surface area contributed by atoms with Crippen LogP contribution in [-0.2, 0) is 0 Å². The number of allylic oxidation sites excluding steroid dienone is 4. The molecule has 1 heterocycles. The molecule has 0 bridgehead atoms. The van der Waals surface area contributed by atoms with Crippen molar-refractivity contribution in [1.82, 2.24) is 0 Å². The molecule has 2 aliphatic rings. The summed E-state index contributed by atoms with van der Waals surface area (Å²) in [6, 6.07) is 0. The third-order valence-electron chi connectivity index (χ3n) is 2.95. The Hall–Kier alpha value is -0.430. The third kappa shape index (κ3) is 1.48. The van der Waals surface area contributed by atoms with Crippen molar-refractivity contribution in [3.05, 3.63) is 33.8 Å². The fraction of sp³-hybridized carbons (Fsp3) is 0.538. The molecule has 1 heteroatoms. The fourth-order valence-electron chi connectivity index (χ4n) is 2.20. The zero-order valence-electron chi connectivity index (χ0n) is 9.18. The molecule has 0 saturated heterocycles. The van der Waals surface area contributed by atoms with E-state index in [9.17, 15) is 0 Å². The average molecular weight is 205 g/mol. The van der Waals surface area contributed by atoms with Gasteiger partial charge in [0, 0.05) is 0 Å². The predicted molar refractivity (Wildman–Crippen MR) is 64.1 cm³/mol. The molecule has 0 saturated carbocycles. The van der Waals surface area contributed by atoms with Gasteiger partial charge >= 0.3 is 0 Å². The highest BCUT2D eigenvalue weighted by Gasteiger charge is 2.29. The first-order valence-corrected chi connectivity index (χ1v) is 6.41. The van der Waals surface area contributed by atoms with Gasteiger partial charge in [-0.05, 0) is 47.0 Å². The van der Waals surface area contributed by atoms with Crippen LogP contribution < -0.4 is 0 Å². The first-order chi connectivity index (χ1) is 6.80. The Labute approximate surface area is 91.2 Å². The first kappa shape index (κ1) is 10.1. The molecule has 0 amide bonds. The molecule has 14 heavy (non-hydrogen) atoms. The normalized spacial score (nSPS) is 25.2. The SMILES string of the molecule is CCC1=[C]C2=C(CC)C(CC)=CC2S1. The van der Waals surface area contributed by atoms with Gasteiger partial charge in [0.2, 0.25) is 0 Å². The van der Waals surface area contributed by atoms with Gasteiger partial charge in [0.05, 0.1) is 5.25 Å². The molecule has 1 aliphatic carbocycles. The molecular formula is C13H17S. The number of fused-ring (bicyclic) bond motifs is 1. The Balaban J connectivity index is 2.33. The number of hydrogen-bond acceptors (Lipinski definition) is 1. The average Bonchev–Trinajstić information content (AvgIpc) is 2.72. The van der Waals surface area contributed by atoms with Gasteiger partial charge in [0.1, 0.15) is 0 Å². The van der Waals surface area contributed by atoms with Gasteiger partial charge in [-0.2, -0.15) is 0 Å². The van der Waals surface area contributed by atoms with E-state index < -0.39 is 0 Å². The topological polar surface area (TPSA) is 0 Å². The molecule has 75 valence electrons. The lowest BCUT2D eigenvalue weighted by Crippen LogP contribution is -1.92. The number of hydrogen-bond donors (Lipinski definition) is 0. The van der Waals surface area contributed by atoms with Gasteiger partial charge in [-0.3, -0.25) is 0 Å². The Morgan fingerprint density at radius 3 is 2.57 bits per heavy atom. The second-order valence-electron chi connectivity index (χ2n) is 3.73. The van der Waals surface area contributed by atoms with E-state index in [4.69, 9.17) is 0 Å². The maximum atomic E-state index is 3.58. The van der Waals surface area contributed by atoms with Crippen LogP contribution in [0.1, 0.15) is 40.0 Å². The summed E-state index contributed by atoms with van der Waals surface area (Å²) in [6.07, 6.45) is 9.49. The van der Waals surface area contributed by atoms with E-state index in [0.29, 0.717) is 5.25 Å². The molecule has 0 nitrogen and oxygen atoms in total. The van der Waals surface area contributed by atoms with Crippen molar-refractivity contribution in [1.29, 1.82) is 0 Å². The number of thioether (sulfide) groups is 1. The van der Waals surface area contributed by atoms with Gasteiger partial charge < -0.3 is 0 Å². The lowest BCUT2D eigenvalue weighted by Gasteiger charge is -2.03. The second-order valence-corrected chi connectivity index (χ2v) is 4.97. The van der Waals surface area contributed by atoms with Crippen LogP contribution in [0.3, 0.4) is 0 Å². The van der Waals surface area contributed by atoms with Gasteiger partial charge in [-0.1, -0.05) is 26.8 Å². The predicted octanol–water partition coefficient (Wildman–Crippen LogP) is 4.26. The van der Waals surface area contributed by atoms with Crippen LogP contribution in [0.5, 0.6) is 0 Å². The first-order valence-electron chi connectivity index (χ1n) is 5.53. The van der Waals surface area contributed by atoms with Crippen LogP contribution in [0.15, 0.2) is 27.7 Å². The minimum atomic E-state index is 0.606. The van der Waals surface area contributed by atoms with E-state index in [0.717, 1.165) is 12.8 Å². The highest BCUT2D eigenvalue weighted by atomic mass is 32.2. The summed E-state index contributed by atoms with van der Waals surface area (Å²) in [7, 11) is 0. The molecule has 1 atom stereocenters. The van der Waals surface area contributed by atoms with Gasteiger partial charge in [-0.25, -0.2) is 0 Å². The quantitative estimate of drug-likeness (QED) is 0.663. The molecule has 2 rings (SSSR count). The van der Waals surface area contributed by atoms with Crippen LogP contribution in [0, 0.1) is 6.08 Å². The number of rotatable bonds is 3. The van der Waals surface area contributed by atoms with E-state index >= 15 is 0 Å². The van der Waals surface area contributed by atoms with E-state index in [2.05, 4.69) is 32.9 Å². The molecule has 1 radical (unpaired) electrons. The summed E-state index contributed by atoms with van der Waals surface area (Å²) in [5.41, 5.74) is 4.60. The fourth-order valence-corrected chi connectivity index (χ4v) is 3.40. The summed E-state index contributed by atoms with van der Waals surface area (Å²) in [4.78, 5) is 1.43. The van der Waals surface area contributed by atoms with Crippen molar-refractivity contribution < 1.29 is 0 Å². The van der Waals surface area contributed by atoms with Crippen molar-refractivity contribution in [3.8, 4) is 0 Å². The van der Waals surface area contributed by atoms with Crippen LogP contribution in [0.25, 0.3) is 0 Å². The molecule has 0 aromatic carbocycles. The zero-order chi connectivity index (χ0) is 10.1. The Bertz CT molecular complexity index is 331. The van der Waals surface area contributed by atoms with E-state index in [-0.39, 0.29) is 0 Å². The molecule has 0 fully saturated rings. The van der Waals surface area contributed by atoms with E-state index in [1.54, 1.807) is 11.1 Å². The van der Waals surface area contributed by atoms with Crippen molar-refractivity contribution in [2.24, 2.45) is 0 Å². The molecule has 0 spiro atoms. The minimum absolute atomic E-state index is 0.606. The van der Waals surface area contributed by atoms with E-state index in [1.807, 2.05) is 11.8 Å². The molecule has 1 aliphatic heterocycles. The molecule has 0 aromatic rings. The Morgan fingerprint density at radius 1 is 1.21 bits per heavy atom. The van der Waals surface area contributed by atoms with Crippen LogP contribution >= 0.6 is 11.8 Å². The monoisotopic (exact) mass is 205 g/mol. The van der Waals surface area contributed by atoms with Crippen molar-refractivity contribution in [2.75, 3.05) is 0 Å². The summed E-state index contributed by atoms with van der Waals surface area (Å²) >= 11 is 1.99. The van der Waals surface area contributed by atoms with Gasteiger partial charge in [0.25, 0.3) is 0 Å². The zero-order valence-corrected chi connectivity index (χ0v) is 10.0. The lowest BCUT2D eigenvalue weighted by molar-refractivity contribution is 1.03. The summed E-state index contributed by atoms with van der Waals surface area (Å²) < 4.78 is 0. The largest absolute Gasteiger partial charge is 0.117 e. The molecule has 0 aromatic heterocycles. The van der Waals surface area contributed by atoms with Crippen molar-refractivity contribution >= 4 is 11.8 Å². The highest BCUT2D eigenvalue weighted by Crippen LogP contribution is 2.46. The smallest absolute Gasteiger partial charge is 0.0536 e. The van der Waals surface area contributed by atoms with Crippen molar-refractivity contribution in [3.63, 3.8) is 0 Å². The van der Waals surface area contributed by atoms with Gasteiger partial charge in [0.15, 0.2) is 0 Å². The highest BCUT2D eigenvalue weighted by molar-refractivity contribution is 8.04. The van der Waals surface area contributed by atoms with E-state index in [1.165, 1.54) is 16.9 Å². The maximum absolute atomic E-state index is 3.58. The Kier molecular flexibility index (Phi) is 2.87. The lowest BCUT2D eigenvalue weighted by atomic mass is 10.0. The van der Waals surface area contributed by atoms with Crippen LogP contribution in [0.4, 0.5) is 0 Å². The minimum Gasteiger partial charge on any atom is -0.117 e. The second kappa shape index (κ2) is 3.98. The summed E-state index contributed by atoms with van der Waals surface area (Å²) in [5.74, 6) is 0. The standard InChI is InChI=1S/C13H17S/c1-4-9-7-13-12(11(9)6-3)8-10(5-2)14-13/h7,13H,4-6H2,1-3H3. The van der Waals surface area contributed by atoms with Crippen molar-refractivity contribution in [2.45, 2.75) is 45.3 Å². The van der Waals surface area contributed by atoms with Gasteiger partial charge in [-0.15, -0.1) is 11.8 Å². The molecule has 1 unspecified atom stereocenters. The molecular weight excluding hydrogens is 188 g/mol. The summed E-state index contributed by atoms with van der Waals surface area (Å²) in [5, 5.41) is 0.606. The summed E-state index contributed by atoms with van der Waals surface area (Å²) in [6.45, 7) is 6.72. The maximum Gasteiger partial charge on any atom is 0.0536 e. The molecule has 0 N–H and O–H groups in total. The van der Waals surface area contributed by atoms with Crippen LogP contribution in [-0.4, -0.2) is 5.25 Å². The Morgan fingerprint density at radius 2 is 2.00 bits per heavy atom. The third-order valence-corrected chi connectivity index (χ3v) is 4.25.